The number of aromatic amines is 1. The maximum Gasteiger partial charge on any atom is 0.416 e. The molecule has 0 saturated heterocycles. The number of aromatic nitrogens is 3. The Hall–Kier alpha value is -2.81. The summed E-state index contributed by atoms with van der Waals surface area (Å²) in [7, 11) is 3.07. The summed E-state index contributed by atoms with van der Waals surface area (Å²) in [6.45, 7) is 0. The van der Waals surface area contributed by atoms with Gasteiger partial charge in [-0.25, -0.2) is 0 Å². The Labute approximate surface area is 158 Å². The fraction of sp³-hybridized carbons (Fsp3) is 0.222. The number of nitrogens with one attached hydrogen (secondary N) is 1. The first-order valence-electron chi connectivity index (χ1n) is 7.88. The van der Waals surface area contributed by atoms with E-state index in [2.05, 4.69) is 10.2 Å². The standard InChI is InChI=1S/C18H16F3N3O2S/c1-25-14-7-6-11(8-15(14)26-2)9-16-22-23-17(27)24(16)13-5-3-4-12(10-13)18(19,20)21/h3-8,10H,9H2,1-2H3,(H,23,27). The molecule has 0 fully saturated rings. The molecule has 0 aliphatic carbocycles. The lowest BCUT2D eigenvalue weighted by Gasteiger charge is -2.12. The van der Waals surface area contributed by atoms with E-state index in [4.69, 9.17) is 21.7 Å². The summed E-state index contributed by atoms with van der Waals surface area (Å²) in [5.41, 5.74) is 0.383. The van der Waals surface area contributed by atoms with Crippen LogP contribution in [-0.2, 0) is 12.6 Å². The number of nitrogens with zero attached hydrogens (tertiary/aromatic N) is 2. The van der Waals surface area contributed by atoms with Gasteiger partial charge in [0.15, 0.2) is 16.3 Å². The van der Waals surface area contributed by atoms with E-state index < -0.39 is 11.7 Å². The van der Waals surface area contributed by atoms with Gasteiger partial charge in [-0.1, -0.05) is 12.1 Å². The van der Waals surface area contributed by atoms with Crippen LogP contribution >= 0.6 is 12.2 Å². The number of alkyl halides is 3. The van der Waals surface area contributed by atoms with Crippen LogP contribution in [-0.4, -0.2) is 29.0 Å². The molecule has 3 aromatic rings. The van der Waals surface area contributed by atoms with Gasteiger partial charge in [-0.2, -0.15) is 18.3 Å². The van der Waals surface area contributed by atoms with E-state index in [9.17, 15) is 13.2 Å². The van der Waals surface area contributed by atoms with Gasteiger partial charge >= 0.3 is 6.18 Å². The average molecular weight is 395 g/mol. The molecule has 0 amide bonds. The summed E-state index contributed by atoms with van der Waals surface area (Å²) < 4.78 is 51.3. The molecule has 9 heteroatoms. The van der Waals surface area contributed by atoms with Gasteiger partial charge in [0.1, 0.15) is 5.82 Å². The molecule has 0 spiro atoms. The fourth-order valence-electron chi connectivity index (χ4n) is 2.71. The Morgan fingerprint density at radius 1 is 1.07 bits per heavy atom. The maximum atomic E-state index is 13.0. The highest BCUT2D eigenvalue weighted by Crippen LogP contribution is 2.31. The van der Waals surface area contributed by atoms with Crippen LogP contribution in [0.1, 0.15) is 17.0 Å². The molecule has 5 nitrogen and oxygen atoms in total. The second-order valence-electron chi connectivity index (χ2n) is 5.69. The molecule has 1 heterocycles. The van der Waals surface area contributed by atoms with Crippen molar-refractivity contribution >= 4 is 12.2 Å². The van der Waals surface area contributed by atoms with Crippen LogP contribution in [0.4, 0.5) is 13.2 Å². The Balaban J connectivity index is 2.00. The van der Waals surface area contributed by atoms with Crippen LogP contribution in [0.2, 0.25) is 0 Å². The monoisotopic (exact) mass is 395 g/mol. The average Bonchev–Trinajstić information content (AvgIpc) is 3.01. The summed E-state index contributed by atoms with van der Waals surface area (Å²) >= 11 is 5.21. The third-order valence-electron chi connectivity index (χ3n) is 3.98. The SMILES string of the molecule is COc1ccc(Cc2n[nH]c(=S)n2-c2cccc(C(F)(F)F)c2)cc1OC. The normalized spacial score (nSPS) is 11.4. The smallest absolute Gasteiger partial charge is 0.416 e. The van der Waals surface area contributed by atoms with Gasteiger partial charge in [0.2, 0.25) is 0 Å². The molecule has 0 atom stereocenters. The van der Waals surface area contributed by atoms with Gasteiger partial charge in [-0.15, -0.1) is 0 Å². The maximum absolute atomic E-state index is 13.0. The predicted octanol–water partition coefficient (Wildman–Crippen LogP) is 4.56. The van der Waals surface area contributed by atoms with Gasteiger partial charge < -0.3 is 9.47 Å². The third-order valence-corrected chi connectivity index (χ3v) is 4.26. The number of hydrogen-bond donors (Lipinski definition) is 1. The molecular weight excluding hydrogens is 379 g/mol. The van der Waals surface area contributed by atoms with Crippen LogP contribution in [0.3, 0.4) is 0 Å². The molecule has 0 aliphatic rings. The topological polar surface area (TPSA) is 52.1 Å². The minimum atomic E-state index is -4.44. The molecule has 3 rings (SSSR count). The molecule has 0 bridgehead atoms. The van der Waals surface area contributed by atoms with E-state index in [1.807, 2.05) is 6.07 Å². The van der Waals surface area contributed by atoms with Crippen LogP contribution in [0.5, 0.6) is 11.5 Å². The van der Waals surface area contributed by atoms with Crippen LogP contribution in [0, 0.1) is 4.77 Å². The molecule has 27 heavy (non-hydrogen) atoms. The van der Waals surface area contributed by atoms with E-state index in [1.165, 1.54) is 24.9 Å². The number of hydrogen-bond acceptors (Lipinski definition) is 4. The first-order valence-corrected chi connectivity index (χ1v) is 8.29. The molecule has 0 aliphatic heterocycles. The Bertz CT molecular complexity index is 1010. The Kier molecular flexibility index (Phi) is 5.22. The first kappa shape index (κ1) is 19.0. The zero-order valence-corrected chi connectivity index (χ0v) is 15.3. The number of H-pyrrole nitrogens is 1. The zero-order valence-electron chi connectivity index (χ0n) is 14.5. The van der Waals surface area contributed by atoms with Crippen molar-refractivity contribution in [3.05, 3.63) is 64.2 Å². The molecule has 1 aromatic heterocycles. The van der Waals surface area contributed by atoms with Crippen molar-refractivity contribution in [2.75, 3.05) is 14.2 Å². The van der Waals surface area contributed by atoms with Crippen molar-refractivity contribution < 1.29 is 22.6 Å². The zero-order chi connectivity index (χ0) is 19.6. The van der Waals surface area contributed by atoms with Crippen molar-refractivity contribution in [1.29, 1.82) is 0 Å². The Morgan fingerprint density at radius 3 is 2.48 bits per heavy atom. The molecule has 0 unspecified atom stereocenters. The summed E-state index contributed by atoms with van der Waals surface area (Å²) in [5.74, 6) is 1.61. The van der Waals surface area contributed by atoms with Crippen molar-refractivity contribution in [2.24, 2.45) is 0 Å². The number of ether oxygens (including phenoxy) is 2. The molecular formula is C18H16F3N3O2S. The molecule has 142 valence electrons. The molecule has 1 N–H and O–H groups in total. The number of halogens is 3. The summed E-state index contributed by atoms with van der Waals surface area (Å²) in [6.07, 6.45) is -4.10. The van der Waals surface area contributed by atoms with Crippen molar-refractivity contribution in [1.82, 2.24) is 14.8 Å². The molecule has 2 aromatic carbocycles. The van der Waals surface area contributed by atoms with E-state index in [0.29, 0.717) is 29.4 Å². The van der Waals surface area contributed by atoms with Crippen molar-refractivity contribution in [2.45, 2.75) is 12.6 Å². The Morgan fingerprint density at radius 2 is 1.81 bits per heavy atom. The highest BCUT2D eigenvalue weighted by molar-refractivity contribution is 7.71. The van der Waals surface area contributed by atoms with Gasteiger partial charge in [0, 0.05) is 6.42 Å². The van der Waals surface area contributed by atoms with E-state index in [0.717, 1.165) is 17.7 Å². The van der Waals surface area contributed by atoms with E-state index in [1.54, 1.807) is 18.2 Å². The number of methoxy groups -OCH3 is 2. The largest absolute Gasteiger partial charge is 0.493 e. The molecule has 0 saturated carbocycles. The van der Waals surface area contributed by atoms with Crippen LogP contribution in [0.15, 0.2) is 42.5 Å². The quantitative estimate of drug-likeness (QED) is 0.644. The number of benzene rings is 2. The lowest BCUT2D eigenvalue weighted by molar-refractivity contribution is -0.137. The summed E-state index contributed by atoms with van der Waals surface area (Å²) in [6, 6.07) is 10.3. The van der Waals surface area contributed by atoms with Crippen molar-refractivity contribution in [3.8, 4) is 17.2 Å². The van der Waals surface area contributed by atoms with Gasteiger partial charge in [0.05, 0.1) is 25.5 Å². The first-order chi connectivity index (χ1) is 12.8. The fourth-order valence-corrected chi connectivity index (χ4v) is 2.97. The molecule has 0 radical (unpaired) electrons. The minimum absolute atomic E-state index is 0.213. The minimum Gasteiger partial charge on any atom is -0.493 e. The lowest BCUT2D eigenvalue weighted by Crippen LogP contribution is -2.08. The summed E-state index contributed by atoms with van der Waals surface area (Å²) in [4.78, 5) is 0. The van der Waals surface area contributed by atoms with Crippen LogP contribution < -0.4 is 9.47 Å². The van der Waals surface area contributed by atoms with Gasteiger partial charge in [-0.05, 0) is 48.1 Å². The second kappa shape index (κ2) is 7.43. The van der Waals surface area contributed by atoms with E-state index >= 15 is 0 Å². The highest BCUT2D eigenvalue weighted by atomic mass is 32.1. The predicted molar refractivity (Wildman–Crippen MR) is 96.1 cm³/mol. The van der Waals surface area contributed by atoms with Crippen LogP contribution in [0.25, 0.3) is 5.69 Å². The van der Waals surface area contributed by atoms with Crippen molar-refractivity contribution in [3.63, 3.8) is 0 Å². The third kappa shape index (κ3) is 3.97. The van der Waals surface area contributed by atoms with Gasteiger partial charge in [-0.3, -0.25) is 9.67 Å². The van der Waals surface area contributed by atoms with Gasteiger partial charge in [0.25, 0.3) is 0 Å². The highest BCUT2D eigenvalue weighted by Gasteiger charge is 2.30. The summed E-state index contributed by atoms with van der Waals surface area (Å²) in [5, 5.41) is 6.81. The van der Waals surface area contributed by atoms with E-state index in [-0.39, 0.29) is 4.77 Å². The lowest BCUT2D eigenvalue weighted by atomic mass is 10.1. The second-order valence-corrected chi connectivity index (χ2v) is 6.08. The number of rotatable bonds is 5.